The van der Waals surface area contributed by atoms with Crippen molar-refractivity contribution >= 4 is 5.69 Å². The van der Waals surface area contributed by atoms with Gasteiger partial charge in [-0.15, -0.1) is 0 Å². The number of nitriles is 1. The van der Waals surface area contributed by atoms with E-state index < -0.39 is 0 Å². The van der Waals surface area contributed by atoms with Gasteiger partial charge >= 0.3 is 0 Å². The van der Waals surface area contributed by atoms with Gasteiger partial charge in [0.05, 0.1) is 11.3 Å². The Hall–Kier alpha value is -1.53. The highest BCUT2D eigenvalue weighted by Gasteiger charge is 2.22. The number of hydrogen-bond acceptors (Lipinski definition) is 3. The van der Waals surface area contributed by atoms with Crippen molar-refractivity contribution in [3.05, 3.63) is 29.8 Å². The van der Waals surface area contributed by atoms with Crippen molar-refractivity contribution in [2.75, 3.05) is 18.0 Å². The van der Waals surface area contributed by atoms with Crippen LogP contribution >= 0.6 is 0 Å². The van der Waals surface area contributed by atoms with Gasteiger partial charge in [-0.05, 0) is 38.9 Å². The predicted octanol–water partition coefficient (Wildman–Crippen LogP) is 2.13. The summed E-state index contributed by atoms with van der Waals surface area (Å²) in [6, 6.07) is 11.1. The number of nitrogens with one attached hydrogen (secondary N) is 1. The van der Waals surface area contributed by atoms with E-state index in [0.29, 0.717) is 12.1 Å². The molecule has 0 amide bonds. The molecule has 1 aliphatic heterocycles. The zero-order valence-electron chi connectivity index (χ0n) is 10.5. The molecule has 1 N–H and O–H groups in total. The van der Waals surface area contributed by atoms with Gasteiger partial charge in [0.1, 0.15) is 6.07 Å². The van der Waals surface area contributed by atoms with Crippen LogP contribution in [0.5, 0.6) is 0 Å². The quantitative estimate of drug-likeness (QED) is 0.802. The van der Waals surface area contributed by atoms with Gasteiger partial charge in [-0.1, -0.05) is 12.1 Å². The summed E-state index contributed by atoms with van der Waals surface area (Å²) in [4.78, 5) is 2.35. The Morgan fingerprint density at radius 2 is 2.12 bits per heavy atom. The van der Waals surface area contributed by atoms with Gasteiger partial charge in [0.15, 0.2) is 0 Å². The first-order valence-corrected chi connectivity index (χ1v) is 6.21. The molecular formula is C14H19N3. The normalized spacial score (nSPS) is 25.1. The van der Waals surface area contributed by atoms with E-state index in [0.717, 1.165) is 30.8 Å². The third-order valence-corrected chi connectivity index (χ3v) is 3.39. The zero-order valence-corrected chi connectivity index (χ0v) is 10.5. The van der Waals surface area contributed by atoms with E-state index in [2.05, 4.69) is 30.1 Å². The van der Waals surface area contributed by atoms with Crippen LogP contribution in [0.15, 0.2) is 24.3 Å². The first kappa shape index (κ1) is 11.9. The monoisotopic (exact) mass is 229 g/mol. The third-order valence-electron chi connectivity index (χ3n) is 3.39. The number of para-hydroxylation sites is 1. The minimum absolute atomic E-state index is 0.465. The molecule has 2 rings (SSSR count). The summed E-state index contributed by atoms with van der Waals surface area (Å²) in [5.41, 5.74) is 1.84. The highest BCUT2D eigenvalue weighted by atomic mass is 15.2. The molecule has 0 radical (unpaired) electrons. The van der Waals surface area contributed by atoms with Crippen LogP contribution in [0.1, 0.15) is 25.8 Å². The summed E-state index contributed by atoms with van der Waals surface area (Å²) in [5.74, 6) is 0. The average Bonchev–Trinajstić information content (AvgIpc) is 2.51. The van der Waals surface area contributed by atoms with Gasteiger partial charge in [0.25, 0.3) is 0 Å². The largest absolute Gasteiger partial charge is 0.366 e. The van der Waals surface area contributed by atoms with Crippen LogP contribution in [0.25, 0.3) is 0 Å². The summed E-state index contributed by atoms with van der Waals surface area (Å²) in [7, 11) is 0. The maximum absolute atomic E-state index is 9.18. The summed E-state index contributed by atoms with van der Waals surface area (Å²) in [6.45, 7) is 6.43. The fourth-order valence-corrected chi connectivity index (χ4v) is 2.39. The lowest BCUT2D eigenvalue weighted by atomic mass is 10.1. The second-order valence-corrected chi connectivity index (χ2v) is 4.77. The Morgan fingerprint density at radius 1 is 1.35 bits per heavy atom. The maximum Gasteiger partial charge on any atom is 0.101 e. The van der Waals surface area contributed by atoms with E-state index in [1.165, 1.54) is 0 Å². The minimum Gasteiger partial charge on any atom is -0.366 e. The van der Waals surface area contributed by atoms with E-state index >= 15 is 0 Å². The lowest BCUT2D eigenvalue weighted by Gasteiger charge is -2.31. The van der Waals surface area contributed by atoms with Crippen LogP contribution in [0, 0.1) is 11.3 Å². The summed E-state index contributed by atoms with van der Waals surface area (Å²) in [5, 5.41) is 12.7. The Bertz CT molecular complexity index is 422. The molecule has 90 valence electrons. The van der Waals surface area contributed by atoms with Gasteiger partial charge in [-0.25, -0.2) is 0 Å². The summed E-state index contributed by atoms with van der Waals surface area (Å²) < 4.78 is 0. The number of anilines is 1. The molecule has 3 nitrogen and oxygen atoms in total. The number of benzene rings is 1. The molecule has 0 aromatic heterocycles. The standard InChI is InChI=1S/C14H19N3/c1-11-10-17(12(2)7-8-16-11)14-6-4-3-5-13(14)9-15/h3-6,11-12,16H,7-8,10H2,1-2H3. The van der Waals surface area contributed by atoms with E-state index in [1.807, 2.05) is 24.3 Å². The van der Waals surface area contributed by atoms with Crippen LogP contribution in [0.2, 0.25) is 0 Å². The van der Waals surface area contributed by atoms with Gasteiger partial charge in [-0.3, -0.25) is 0 Å². The zero-order chi connectivity index (χ0) is 12.3. The molecule has 2 atom stereocenters. The molecule has 3 heteroatoms. The van der Waals surface area contributed by atoms with Crippen LogP contribution in [0.3, 0.4) is 0 Å². The van der Waals surface area contributed by atoms with Crippen LogP contribution in [-0.4, -0.2) is 25.2 Å². The first-order valence-electron chi connectivity index (χ1n) is 6.21. The summed E-state index contributed by atoms with van der Waals surface area (Å²) in [6.07, 6.45) is 1.12. The maximum atomic E-state index is 9.18. The molecule has 0 aliphatic carbocycles. The van der Waals surface area contributed by atoms with Crippen molar-refractivity contribution < 1.29 is 0 Å². The fourth-order valence-electron chi connectivity index (χ4n) is 2.39. The molecule has 1 heterocycles. The Kier molecular flexibility index (Phi) is 3.65. The Labute approximate surface area is 103 Å². The molecule has 1 aliphatic rings. The highest BCUT2D eigenvalue weighted by molar-refractivity contribution is 5.60. The molecule has 0 saturated carbocycles. The minimum atomic E-state index is 0.465. The van der Waals surface area contributed by atoms with Gasteiger partial charge in [-0.2, -0.15) is 5.26 Å². The second kappa shape index (κ2) is 5.20. The van der Waals surface area contributed by atoms with Gasteiger partial charge < -0.3 is 10.2 Å². The SMILES string of the molecule is CC1CN(c2ccccc2C#N)C(C)CCN1. The average molecular weight is 229 g/mol. The highest BCUT2D eigenvalue weighted by Crippen LogP contribution is 2.24. The molecular weight excluding hydrogens is 210 g/mol. The van der Waals surface area contributed by atoms with E-state index in [1.54, 1.807) is 0 Å². The fraction of sp³-hybridized carbons (Fsp3) is 0.500. The molecule has 1 aromatic carbocycles. The topological polar surface area (TPSA) is 39.1 Å². The van der Waals surface area contributed by atoms with Crippen molar-refractivity contribution in [1.82, 2.24) is 5.32 Å². The molecule has 0 bridgehead atoms. The third kappa shape index (κ3) is 2.59. The van der Waals surface area contributed by atoms with E-state index in [4.69, 9.17) is 0 Å². The van der Waals surface area contributed by atoms with Crippen molar-refractivity contribution in [3.8, 4) is 6.07 Å². The van der Waals surface area contributed by atoms with Gasteiger partial charge in [0, 0.05) is 18.6 Å². The number of hydrogen-bond donors (Lipinski definition) is 1. The molecule has 2 unspecified atom stereocenters. The summed E-state index contributed by atoms with van der Waals surface area (Å²) >= 11 is 0. The van der Waals surface area contributed by atoms with Crippen LogP contribution in [-0.2, 0) is 0 Å². The second-order valence-electron chi connectivity index (χ2n) is 4.77. The lowest BCUT2D eigenvalue weighted by molar-refractivity contribution is 0.585. The Morgan fingerprint density at radius 3 is 2.88 bits per heavy atom. The molecule has 0 spiro atoms. The molecule has 1 fully saturated rings. The van der Waals surface area contributed by atoms with E-state index in [9.17, 15) is 5.26 Å². The van der Waals surface area contributed by atoms with Crippen LogP contribution in [0.4, 0.5) is 5.69 Å². The van der Waals surface area contributed by atoms with Crippen molar-refractivity contribution in [1.29, 1.82) is 5.26 Å². The molecule has 1 aromatic rings. The Balaban J connectivity index is 2.33. The number of nitrogens with zero attached hydrogens (tertiary/aromatic N) is 2. The lowest BCUT2D eigenvalue weighted by Crippen LogP contribution is -2.38. The van der Waals surface area contributed by atoms with Gasteiger partial charge in [0.2, 0.25) is 0 Å². The number of rotatable bonds is 1. The van der Waals surface area contributed by atoms with Crippen molar-refractivity contribution in [3.63, 3.8) is 0 Å². The predicted molar refractivity (Wildman–Crippen MR) is 70.0 cm³/mol. The molecule has 17 heavy (non-hydrogen) atoms. The van der Waals surface area contributed by atoms with Crippen LogP contribution < -0.4 is 10.2 Å². The van der Waals surface area contributed by atoms with E-state index in [-0.39, 0.29) is 0 Å². The van der Waals surface area contributed by atoms with Crippen molar-refractivity contribution in [2.45, 2.75) is 32.4 Å². The van der Waals surface area contributed by atoms with Crippen molar-refractivity contribution in [2.24, 2.45) is 0 Å². The molecule has 1 saturated heterocycles. The first-order chi connectivity index (χ1) is 8.22. The smallest absolute Gasteiger partial charge is 0.101 e.